The number of hydrogen-bond acceptors (Lipinski definition) is 6. The number of nitrogens with two attached hydrogens (primary N) is 1. The normalized spacial score (nSPS) is 18.0. The maximum atomic E-state index is 15.4. The van der Waals surface area contributed by atoms with Crippen LogP contribution in [0.4, 0.5) is 25.2 Å². The largest absolute Gasteiger partial charge is 0.442 e. The summed E-state index contributed by atoms with van der Waals surface area (Å²) in [5.41, 5.74) is 6.63. The topological polar surface area (TPSA) is 110 Å². The fraction of sp³-hybridized carbons (Fsp3) is 0.368. The first-order valence-corrected chi connectivity index (χ1v) is 9.20. The van der Waals surface area contributed by atoms with Gasteiger partial charge in [-0.15, -0.1) is 0 Å². The van der Waals surface area contributed by atoms with Gasteiger partial charge in [0.05, 0.1) is 24.5 Å². The highest BCUT2D eigenvalue weighted by Gasteiger charge is 2.36. The zero-order chi connectivity index (χ0) is 20.7. The minimum absolute atomic E-state index is 0.0000346. The van der Waals surface area contributed by atoms with E-state index in [1.165, 1.54) is 13.1 Å². The highest BCUT2D eigenvalue weighted by atomic mass is 19.1. The molecule has 1 aliphatic heterocycles. The maximum Gasteiger partial charge on any atom is 0.414 e. The van der Waals surface area contributed by atoms with Crippen molar-refractivity contribution >= 4 is 23.6 Å². The summed E-state index contributed by atoms with van der Waals surface area (Å²) < 4.78 is 35.7. The summed E-state index contributed by atoms with van der Waals surface area (Å²) in [4.78, 5) is 32.4. The quantitative estimate of drug-likeness (QED) is 0.811. The number of rotatable bonds is 3. The summed E-state index contributed by atoms with van der Waals surface area (Å²) in [5.74, 6) is -1.69. The van der Waals surface area contributed by atoms with Crippen molar-refractivity contribution in [3.8, 4) is 11.3 Å². The van der Waals surface area contributed by atoms with Gasteiger partial charge in [-0.2, -0.15) is 0 Å². The molecular formula is C19H19F2N5O3. The van der Waals surface area contributed by atoms with Gasteiger partial charge < -0.3 is 15.8 Å². The molecule has 2 heterocycles. The van der Waals surface area contributed by atoms with Crippen molar-refractivity contribution in [2.75, 3.05) is 23.7 Å². The number of carbonyl (C=O) groups is 2. The van der Waals surface area contributed by atoms with Crippen LogP contribution in [-0.4, -0.2) is 41.2 Å². The number of fused-ring (bicyclic) bond motifs is 3. The average molecular weight is 403 g/mol. The standard InChI is InChI=1S/C19H19F2N5O3/c1-9(27)23-7-11-8-26(19(28)29-11)14-5-13(20)15-12(16(14)21)4-2-3-10-6-24-18(22)25-17(10)15/h5-6,11H,2-4,7-8H2,1H3,(H,23,27)(H2,22,24,25)/t11-/m0/s1. The molecule has 1 saturated heterocycles. The highest BCUT2D eigenvalue weighted by Crippen LogP contribution is 2.39. The molecule has 0 bridgehead atoms. The summed E-state index contributed by atoms with van der Waals surface area (Å²) in [5, 5.41) is 2.54. The van der Waals surface area contributed by atoms with E-state index in [2.05, 4.69) is 15.3 Å². The molecule has 0 unspecified atom stereocenters. The molecule has 1 aromatic heterocycles. The smallest absolute Gasteiger partial charge is 0.414 e. The van der Waals surface area contributed by atoms with Gasteiger partial charge in [0.25, 0.3) is 0 Å². The summed E-state index contributed by atoms with van der Waals surface area (Å²) >= 11 is 0. The van der Waals surface area contributed by atoms with Crippen molar-refractivity contribution in [1.29, 1.82) is 0 Å². The van der Waals surface area contributed by atoms with Crippen molar-refractivity contribution in [3.63, 3.8) is 0 Å². The monoisotopic (exact) mass is 403 g/mol. The Balaban J connectivity index is 1.74. The molecule has 0 radical (unpaired) electrons. The zero-order valence-corrected chi connectivity index (χ0v) is 15.7. The first-order chi connectivity index (χ1) is 13.8. The molecule has 3 N–H and O–H groups in total. The Morgan fingerprint density at radius 1 is 1.41 bits per heavy atom. The molecule has 2 aliphatic rings. The van der Waals surface area contributed by atoms with Gasteiger partial charge in [0.1, 0.15) is 11.9 Å². The molecule has 2 aromatic rings. The Bertz CT molecular complexity index is 1010. The van der Waals surface area contributed by atoms with Crippen LogP contribution in [0.1, 0.15) is 24.5 Å². The van der Waals surface area contributed by atoms with Gasteiger partial charge in [-0.05, 0) is 24.8 Å². The number of ether oxygens (including phenoxy) is 1. The first-order valence-electron chi connectivity index (χ1n) is 9.20. The Kier molecular flexibility index (Phi) is 4.77. The average Bonchev–Trinajstić information content (AvgIpc) is 2.92. The van der Waals surface area contributed by atoms with Gasteiger partial charge in [-0.25, -0.2) is 23.5 Å². The number of benzene rings is 1. The van der Waals surface area contributed by atoms with Gasteiger partial charge in [0.2, 0.25) is 11.9 Å². The van der Waals surface area contributed by atoms with E-state index in [0.29, 0.717) is 18.4 Å². The Hall–Kier alpha value is -3.30. The first kappa shape index (κ1) is 19.0. The van der Waals surface area contributed by atoms with E-state index in [-0.39, 0.29) is 53.9 Å². The van der Waals surface area contributed by atoms with Crippen molar-refractivity contribution in [3.05, 3.63) is 35.0 Å². The zero-order valence-electron chi connectivity index (χ0n) is 15.7. The van der Waals surface area contributed by atoms with E-state index in [1.54, 1.807) is 0 Å². The number of carbonyl (C=O) groups excluding carboxylic acids is 2. The van der Waals surface area contributed by atoms with E-state index < -0.39 is 23.8 Å². The molecule has 1 aliphatic carbocycles. The van der Waals surface area contributed by atoms with Crippen molar-refractivity contribution in [2.24, 2.45) is 0 Å². The van der Waals surface area contributed by atoms with Crippen LogP contribution in [0, 0.1) is 11.6 Å². The van der Waals surface area contributed by atoms with Gasteiger partial charge >= 0.3 is 6.09 Å². The van der Waals surface area contributed by atoms with Crippen molar-refractivity contribution < 1.29 is 23.1 Å². The molecule has 1 aromatic carbocycles. The van der Waals surface area contributed by atoms with Gasteiger partial charge in [-0.1, -0.05) is 0 Å². The predicted octanol–water partition coefficient (Wildman–Crippen LogP) is 1.95. The number of aryl methyl sites for hydroxylation is 1. The van der Waals surface area contributed by atoms with Crippen LogP contribution in [-0.2, 0) is 22.4 Å². The van der Waals surface area contributed by atoms with Crippen molar-refractivity contribution in [1.82, 2.24) is 15.3 Å². The molecule has 8 nitrogen and oxygen atoms in total. The molecule has 0 saturated carbocycles. The van der Waals surface area contributed by atoms with E-state index in [1.807, 2.05) is 0 Å². The van der Waals surface area contributed by atoms with Gasteiger partial charge in [0.15, 0.2) is 5.82 Å². The lowest BCUT2D eigenvalue weighted by atomic mass is 9.99. The van der Waals surface area contributed by atoms with E-state index >= 15 is 8.78 Å². The Morgan fingerprint density at radius 3 is 2.97 bits per heavy atom. The molecule has 10 heteroatoms. The fourth-order valence-electron chi connectivity index (χ4n) is 3.71. The third-order valence-electron chi connectivity index (χ3n) is 5.03. The van der Waals surface area contributed by atoms with Crippen LogP contribution in [0.25, 0.3) is 11.3 Å². The number of nitrogens with zero attached hydrogens (tertiary/aromatic N) is 3. The lowest BCUT2D eigenvalue weighted by Gasteiger charge is -2.19. The second-order valence-electron chi connectivity index (χ2n) is 7.05. The number of anilines is 2. The van der Waals surface area contributed by atoms with Crippen molar-refractivity contribution in [2.45, 2.75) is 32.3 Å². The second kappa shape index (κ2) is 7.26. The number of amides is 2. The molecule has 29 heavy (non-hydrogen) atoms. The molecule has 2 amide bonds. The summed E-state index contributed by atoms with van der Waals surface area (Å²) in [6.45, 7) is 1.43. The molecule has 4 rings (SSSR count). The van der Waals surface area contributed by atoms with Crippen LogP contribution in [0.5, 0.6) is 0 Å². The summed E-state index contributed by atoms with van der Waals surface area (Å²) in [6, 6.07) is 0.976. The number of halogens is 2. The molecule has 0 spiro atoms. The van der Waals surface area contributed by atoms with Crippen LogP contribution < -0.4 is 16.0 Å². The van der Waals surface area contributed by atoms with Gasteiger partial charge in [0, 0.05) is 30.3 Å². The Labute approximate surface area is 165 Å². The number of hydrogen-bond donors (Lipinski definition) is 2. The minimum Gasteiger partial charge on any atom is -0.442 e. The lowest BCUT2D eigenvalue weighted by Crippen LogP contribution is -2.33. The SMILES string of the molecule is CC(=O)NC[C@H]1CN(c2cc(F)c3c(c2F)CCCc2cnc(N)nc2-3)C(=O)O1. The fourth-order valence-corrected chi connectivity index (χ4v) is 3.71. The van der Waals surface area contributed by atoms with Crippen LogP contribution in [0.3, 0.4) is 0 Å². The minimum atomic E-state index is -0.792. The Morgan fingerprint density at radius 2 is 2.21 bits per heavy atom. The third-order valence-corrected chi connectivity index (χ3v) is 5.03. The van der Waals surface area contributed by atoms with Crippen LogP contribution in [0.2, 0.25) is 0 Å². The molecule has 152 valence electrons. The number of nitrogen functional groups attached to an aromatic ring is 1. The van der Waals surface area contributed by atoms with Crippen LogP contribution in [0.15, 0.2) is 12.3 Å². The van der Waals surface area contributed by atoms with E-state index in [9.17, 15) is 9.59 Å². The van der Waals surface area contributed by atoms with E-state index in [4.69, 9.17) is 10.5 Å². The molecule has 1 fully saturated rings. The second-order valence-corrected chi connectivity index (χ2v) is 7.05. The van der Waals surface area contributed by atoms with Gasteiger partial charge in [-0.3, -0.25) is 9.69 Å². The maximum absolute atomic E-state index is 15.4. The van der Waals surface area contributed by atoms with Crippen LogP contribution >= 0.6 is 0 Å². The summed E-state index contributed by atoms with van der Waals surface area (Å²) in [7, 11) is 0. The number of cyclic esters (lactones) is 1. The predicted molar refractivity (Wildman–Crippen MR) is 100 cm³/mol. The number of aromatic nitrogens is 2. The van der Waals surface area contributed by atoms with E-state index in [0.717, 1.165) is 11.0 Å². The highest BCUT2D eigenvalue weighted by molar-refractivity contribution is 5.91. The lowest BCUT2D eigenvalue weighted by molar-refractivity contribution is -0.119. The summed E-state index contributed by atoms with van der Waals surface area (Å²) in [6.07, 6.45) is 1.49. The molecule has 1 atom stereocenters. The molecular weight excluding hydrogens is 384 g/mol. The third kappa shape index (κ3) is 3.45. The number of nitrogens with one attached hydrogen (secondary N) is 1.